The minimum Gasteiger partial charge on any atom is -0.386 e. The Morgan fingerprint density at radius 3 is 0.948 bits per heavy atom. The fraction of sp³-hybridized carbons (Fsp3) is 0.0500. The van der Waals surface area contributed by atoms with Crippen molar-refractivity contribution < 1.29 is 74.2 Å². The number of nitrogens with zero attached hydrogens (tertiary/aromatic N) is 2. The first-order valence-electron chi connectivity index (χ1n) is 16.5. The van der Waals surface area contributed by atoms with Crippen molar-refractivity contribution in [3.63, 3.8) is 0 Å². The Morgan fingerprint density at radius 2 is 0.621 bits per heavy atom. The summed E-state index contributed by atoms with van der Waals surface area (Å²) in [4.78, 5) is 102. The number of hydrogen-bond acceptors (Lipinski definition) is 10. The van der Waals surface area contributed by atoms with E-state index >= 15 is 0 Å². The molecule has 5 aromatic carbocycles. The average molecular weight is 797 g/mol. The summed E-state index contributed by atoms with van der Waals surface area (Å²) in [7, 11) is 0. The summed E-state index contributed by atoms with van der Waals surface area (Å²) in [6.45, 7) is 0. The maximum absolute atomic E-state index is 14.8. The highest BCUT2D eigenvalue weighted by atomic mass is 19.4. The number of ether oxygens (including phenoxy) is 2. The van der Waals surface area contributed by atoms with Crippen LogP contribution < -0.4 is 9.80 Å². The summed E-state index contributed by atoms with van der Waals surface area (Å²) in [5.74, 6) is -9.45. The molecule has 58 heavy (non-hydrogen) atoms. The number of imide groups is 2. The highest BCUT2D eigenvalue weighted by Crippen LogP contribution is 2.48. The van der Waals surface area contributed by atoms with Gasteiger partial charge in [0.25, 0.3) is 23.6 Å². The summed E-state index contributed by atoms with van der Waals surface area (Å²) < 4.78 is 98.2. The van der Waals surface area contributed by atoms with Gasteiger partial charge in [-0.3, -0.25) is 19.2 Å². The van der Waals surface area contributed by atoms with Gasteiger partial charge in [0.1, 0.15) is 0 Å². The molecule has 0 bridgehead atoms. The van der Waals surface area contributed by atoms with Gasteiger partial charge < -0.3 is 9.47 Å². The summed E-state index contributed by atoms with van der Waals surface area (Å²) in [6.07, 6.45) is -11.2. The number of cyclic esters (lactones) is 4. The van der Waals surface area contributed by atoms with Gasteiger partial charge >= 0.3 is 36.2 Å². The van der Waals surface area contributed by atoms with Crippen LogP contribution in [0.3, 0.4) is 0 Å². The van der Waals surface area contributed by atoms with Gasteiger partial charge in [0, 0.05) is 0 Å². The van der Waals surface area contributed by atoms with Gasteiger partial charge in [0.2, 0.25) is 0 Å². The lowest BCUT2D eigenvalue weighted by Gasteiger charge is -2.26. The quantitative estimate of drug-likeness (QED) is 0.0782. The zero-order valence-electron chi connectivity index (χ0n) is 28.3. The van der Waals surface area contributed by atoms with E-state index in [1.165, 1.54) is 48.5 Å². The van der Waals surface area contributed by atoms with Crippen LogP contribution in [-0.4, -0.2) is 47.5 Å². The number of esters is 4. The smallest absolute Gasteiger partial charge is 0.386 e. The van der Waals surface area contributed by atoms with E-state index in [0.717, 1.165) is 24.3 Å². The van der Waals surface area contributed by atoms with Crippen molar-refractivity contribution in [1.82, 2.24) is 0 Å². The van der Waals surface area contributed by atoms with Crippen LogP contribution in [0.2, 0.25) is 0 Å². The van der Waals surface area contributed by atoms with Crippen molar-refractivity contribution in [2.24, 2.45) is 0 Å². The molecule has 0 saturated carbocycles. The number of carbonyl (C=O) groups is 8. The van der Waals surface area contributed by atoms with Gasteiger partial charge in [-0.15, -0.1) is 0 Å². The van der Waals surface area contributed by atoms with Gasteiger partial charge in [-0.05, 0) is 82.9 Å². The Balaban J connectivity index is 1.11. The Bertz CT molecular complexity index is 2700. The molecule has 4 aliphatic rings. The zero-order valence-corrected chi connectivity index (χ0v) is 28.3. The molecule has 0 radical (unpaired) electrons. The number of fused-ring (bicyclic) bond motifs is 4. The Kier molecular flexibility index (Phi) is 7.35. The minimum atomic E-state index is -5.58. The molecule has 18 heteroatoms. The van der Waals surface area contributed by atoms with Crippen molar-refractivity contribution >= 4 is 58.9 Å². The number of alkyl halides is 6. The minimum absolute atomic E-state index is 0.0500. The van der Waals surface area contributed by atoms with E-state index < -0.39 is 105 Å². The zero-order chi connectivity index (χ0) is 41.3. The maximum Gasteiger partial charge on any atom is 0.418 e. The van der Waals surface area contributed by atoms with Crippen LogP contribution in [0.1, 0.15) is 94.0 Å². The van der Waals surface area contributed by atoms with Crippen LogP contribution in [0.5, 0.6) is 0 Å². The fourth-order valence-corrected chi connectivity index (χ4v) is 7.21. The molecule has 0 atom stereocenters. The lowest BCUT2D eigenvalue weighted by Crippen LogP contribution is -2.35. The third kappa shape index (κ3) is 5.17. The second kappa shape index (κ2) is 11.9. The molecule has 0 spiro atoms. The first-order chi connectivity index (χ1) is 27.3. The van der Waals surface area contributed by atoms with Crippen molar-refractivity contribution in [2.75, 3.05) is 9.80 Å². The second-order valence-corrected chi connectivity index (χ2v) is 13.2. The predicted octanol–water partition coefficient (Wildman–Crippen LogP) is 7.28. The number of amides is 4. The number of rotatable bonds is 4. The lowest BCUT2D eigenvalue weighted by molar-refractivity contribution is -0.140. The van der Waals surface area contributed by atoms with Gasteiger partial charge in [-0.2, -0.15) is 26.3 Å². The number of benzene rings is 5. The molecule has 9 rings (SSSR count). The van der Waals surface area contributed by atoms with Crippen LogP contribution in [-0.2, 0) is 21.8 Å². The van der Waals surface area contributed by atoms with Crippen molar-refractivity contribution in [3.05, 3.63) is 141 Å². The van der Waals surface area contributed by atoms with Crippen molar-refractivity contribution in [2.45, 2.75) is 12.4 Å². The number of hydrogen-bond donors (Lipinski definition) is 0. The van der Waals surface area contributed by atoms with E-state index in [2.05, 4.69) is 9.47 Å². The predicted molar refractivity (Wildman–Crippen MR) is 182 cm³/mol. The molecule has 0 aromatic heterocycles. The van der Waals surface area contributed by atoms with E-state index in [1.54, 1.807) is 0 Å². The molecule has 0 saturated heterocycles. The van der Waals surface area contributed by atoms with Crippen LogP contribution in [0.25, 0.3) is 22.3 Å². The van der Waals surface area contributed by atoms with E-state index in [9.17, 15) is 64.7 Å². The molecule has 4 heterocycles. The third-order valence-electron chi connectivity index (χ3n) is 9.94. The summed E-state index contributed by atoms with van der Waals surface area (Å²) >= 11 is 0. The summed E-state index contributed by atoms with van der Waals surface area (Å²) in [5.41, 5.74) is -8.60. The Labute approximate surface area is 317 Å². The van der Waals surface area contributed by atoms with E-state index in [4.69, 9.17) is 0 Å². The third-order valence-corrected chi connectivity index (χ3v) is 9.94. The first kappa shape index (κ1) is 35.9. The topological polar surface area (TPSA) is 162 Å². The molecular formula is C40H14F6N2O10. The SMILES string of the molecule is O=C1OC(=O)c2cc(-c3ccc4c(c3)C(=O)N(c3cc(C(F)(F)F)c(N5C(=O)c6ccc(-c7ccc8c(c7)C(=O)OC8=O)cc6C5=O)cc3C(F)(F)F)C4=O)ccc21. The average Bonchev–Trinajstić information content (AvgIpc) is 3.81. The van der Waals surface area contributed by atoms with Gasteiger partial charge in [0.05, 0.1) is 67.0 Å². The van der Waals surface area contributed by atoms with Crippen molar-refractivity contribution in [1.29, 1.82) is 0 Å². The van der Waals surface area contributed by atoms with Gasteiger partial charge in [-0.1, -0.05) is 24.3 Å². The van der Waals surface area contributed by atoms with Crippen LogP contribution in [0.15, 0.2) is 84.9 Å². The molecule has 4 amide bonds. The molecule has 0 fully saturated rings. The Hall–Kier alpha value is -7.76. The summed E-state index contributed by atoms with van der Waals surface area (Å²) in [5, 5.41) is 0. The van der Waals surface area contributed by atoms with E-state index in [-0.39, 0.29) is 66.4 Å². The first-order valence-corrected chi connectivity index (χ1v) is 16.5. The number of carbonyl (C=O) groups excluding carboxylic acids is 8. The highest BCUT2D eigenvalue weighted by molar-refractivity contribution is 6.36. The molecule has 0 unspecified atom stereocenters. The van der Waals surface area contributed by atoms with Crippen LogP contribution in [0, 0.1) is 0 Å². The fourth-order valence-electron chi connectivity index (χ4n) is 7.21. The van der Waals surface area contributed by atoms with Crippen LogP contribution in [0.4, 0.5) is 37.7 Å². The van der Waals surface area contributed by atoms with Gasteiger partial charge in [0.15, 0.2) is 0 Å². The van der Waals surface area contributed by atoms with E-state index in [0.29, 0.717) is 0 Å². The molecule has 12 nitrogen and oxygen atoms in total. The highest BCUT2D eigenvalue weighted by Gasteiger charge is 2.49. The molecule has 286 valence electrons. The van der Waals surface area contributed by atoms with Crippen LogP contribution >= 0.6 is 0 Å². The largest absolute Gasteiger partial charge is 0.418 e. The number of anilines is 2. The molecule has 0 N–H and O–H groups in total. The Morgan fingerprint density at radius 1 is 0.345 bits per heavy atom. The molecular weight excluding hydrogens is 782 g/mol. The maximum atomic E-state index is 14.8. The van der Waals surface area contributed by atoms with E-state index in [1.807, 2.05) is 0 Å². The molecule has 0 aliphatic carbocycles. The number of halogens is 6. The second-order valence-electron chi connectivity index (χ2n) is 13.2. The monoisotopic (exact) mass is 796 g/mol. The standard InChI is InChI=1S/C40H14F6N2O10/c41-39(42,43)27-14-30(48-32(50)20-6-2-16(10-24(20)34(48)52)18-4-8-22-26(12-18)38(56)58-36(22)54)28(40(44,45)46)13-29(27)47-31(49)19-5-1-15(9-23(19)33(47)51)17-3-7-21-25(11-17)37(55)57-35(21)53/h1-14H. The normalized spacial score (nSPS) is 15.9. The van der Waals surface area contributed by atoms with Gasteiger partial charge in [-0.25, -0.2) is 29.0 Å². The summed E-state index contributed by atoms with van der Waals surface area (Å²) in [6, 6.07) is 14.2. The van der Waals surface area contributed by atoms with Crippen molar-refractivity contribution in [3.8, 4) is 22.3 Å². The lowest BCUT2D eigenvalue weighted by atomic mass is 9.97. The molecule has 5 aromatic rings. The molecule has 4 aliphatic heterocycles.